The highest BCUT2D eigenvalue weighted by atomic mass is 16.6. The molecule has 0 unspecified atom stereocenters. The third-order valence-electron chi connectivity index (χ3n) is 6.89. The summed E-state index contributed by atoms with van der Waals surface area (Å²) in [6, 6.07) is 20.2. The highest BCUT2D eigenvalue weighted by Gasteiger charge is 2.90. The van der Waals surface area contributed by atoms with Crippen molar-refractivity contribution in [1.29, 1.82) is 0 Å². The molecule has 31 heavy (non-hydrogen) atoms. The van der Waals surface area contributed by atoms with Crippen LogP contribution in [-0.2, 0) is 14.3 Å². The molecule has 3 aromatic carbocycles. The van der Waals surface area contributed by atoms with Crippen LogP contribution in [0.2, 0.25) is 0 Å². The number of Topliss-reactive ketones (excluding diaryl/α,β-unsaturated/α-hetero) is 1. The van der Waals surface area contributed by atoms with E-state index in [0.29, 0.717) is 17.7 Å². The quantitative estimate of drug-likeness (QED) is 0.262. The van der Waals surface area contributed by atoms with Gasteiger partial charge in [-0.15, -0.1) is 0 Å². The summed E-state index contributed by atoms with van der Waals surface area (Å²) in [5.41, 5.74) is -1.73. The molecule has 0 saturated heterocycles. The van der Waals surface area contributed by atoms with Gasteiger partial charge in [-0.25, -0.2) is 0 Å². The Morgan fingerprint density at radius 3 is 2.39 bits per heavy atom. The van der Waals surface area contributed by atoms with Crippen LogP contribution in [0, 0.1) is 10.8 Å². The molecule has 0 spiro atoms. The summed E-state index contributed by atoms with van der Waals surface area (Å²) in [4.78, 5) is 40.7. The number of esters is 2. The molecular formula is C26H22O5. The predicted octanol–water partition coefficient (Wildman–Crippen LogP) is 4.68. The highest BCUT2D eigenvalue weighted by Crippen LogP contribution is 2.80. The van der Waals surface area contributed by atoms with Gasteiger partial charge in [0.25, 0.3) is 0 Å². The SMILES string of the molecule is CCOC(=O)[C@@]12C(=O)Oc3ccc4ccccc4c3[C@@H]1[C@]2(CC)C(=O)c1ccccc1. The molecule has 0 bridgehead atoms. The van der Waals surface area contributed by atoms with Crippen molar-refractivity contribution in [2.45, 2.75) is 26.2 Å². The Morgan fingerprint density at radius 2 is 1.68 bits per heavy atom. The molecule has 0 N–H and O–H groups in total. The topological polar surface area (TPSA) is 69.7 Å². The van der Waals surface area contributed by atoms with Crippen molar-refractivity contribution in [3.05, 3.63) is 77.9 Å². The lowest BCUT2D eigenvalue weighted by atomic mass is 9.83. The second-order valence-corrected chi connectivity index (χ2v) is 8.07. The second-order valence-electron chi connectivity index (χ2n) is 8.07. The molecule has 0 aromatic heterocycles. The Bertz CT molecular complexity index is 1230. The number of fused-ring (bicyclic) bond motifs is 5. The zero-order valence-corrected chi connectivity index (χ0v) is 17.4. The molecule has 156 valence electrons. The maximum absolute atomic E-state index is 13.9. The maximum Gasteiger partial charge on any atom is 0.330 e. The minimum atomic E-state index is -1.68. The second kappa shape index (κ2) is 6.77. The molecular weight excluding hydrogens is 392 g/mol. The number of ketones is 1. The minimum Gasteiger partial charge on any atom is -0.465 e. The molecule has 3 atom stereocenters. The summed E-state index contributed by atoms with van der Waals surface area (Å²) in [6.07, 6.45) is 0.308. The van der Waals surface area contributed by atoms with E-state index < -0.39 is 28.7 Å². The highest BCUT2D eigenvalue weighted by molar-refractivity contribution is 6.21. The summed E-state index contributed by atoms with van der Waals surface area (Å²) in [7, 11) is 0. The van der Waals surface area contributed by atoms with Crippen molar-refractivity contribution in [1.82, 2.24) is 0 Å². The van der Waals surface area contributed by atoms with E-state index in [9.17, 15) is 14.4 Å². The monoisotopic (exact) mass is 414 g/mol. The zero-order valence-electron chi connectivity index (χ0n) is 17.4. The first-order chi connectivity index (χ1) is 15.0. The molecule has 3 aromatic rings. The molecule has 1 heterocycles. The number of hydrogen-bond acceptors (Lipinski definition) is 5. The van der Waals surface area contributed by atoms with Crippen molar-refractivity contribution in [2.24, 2.45) is 10.8 Å². The molecule has 1 aliphatic heterocycles. The van der Waals surface area contributed by atoms with E-state index in [0.717, 1.165) is 16.3 Å². The van der Waals surface area contributed by atoms with Gasteiger partial charge in [-0.2, -0.15) is 0 Å². The predicted molar refractivity (Wildman–Crippen MR) is 115 cm³/mol. The summed E-state index contributed by atoms with van der Waals surface area (Å²) >= 11 is 0. The number of rotatable bonds is 5. The Hall–Kier alpha value is -3.47. The van der Waals surface area contributed by atoms with E-state index in [-0.39, 0.29) is 12.4 Å². The van der Waals surface area contributed by atoms with Gasteiger partial charge in [-0.05, 0) is 30.2 Å². The first-order valence-corrected chi connectivity index (χ1v) is 10.5. The van der Waals surface area contributed by atoms with Crippen LogP contribution in [0.3, 0.4) is 0 Å². The molecule has 1 saturated carbocycles. The van der Waals surface area contributed by atoms with Gasteiger partial charge in [0, 0.05) is 17.0 Å². The van der Waals surface area contributed by atoms with Gasteiger partial charge in [0.2, 0.25) is 0 Å². The molecule has 5 heteroatoms. The summed E-state index contributed by atoms with van der Waals surface area (Å²) < 4.78 is 11.1. The number of carbonyl (C=O) groups is 3. The van der Waals surface area contributed by atoms with Gasteiger partial charge in [-0.3, -0.25) is 14.4 Å². The largest absolute Gasteiger partial charge is 0.465 e. The maximum atomic E-state index is 13.9. The standard InChI is InChI=1S/C26H22O5/c1-3-25(22(27)17-11-6-5-7-12-17)21-20-18-13-9-8-10-16(18)14-15-19(20)31-24(29)26(21,25)23(28)30-4-2/h5-15,21H,3-4H2,1-2H3/t21-,25-,26-/m1/s1. The smallest absolute Gasteiger partial charge is 0.330 e. The summed E-state index contributed by atoms with van der Waals surface area (Å²) in [5, 5.41) is 1.84. The average Bonchev–Trinajstić information content (AvgIpc) is 3.45. The van der Waals surface area contributed by atoms with Crippen LogP contribution in [0.25, 0.3) is 10.8 Å². The molecule has 5 nitrogen and oxygen atoms in total. The lowest BCUT2D eigenvalue weighted by Crippen LogP contribution is -2.40. The Balaban J connectivity index is 1.81. The van der Waals surface area contributed by atoms with Crippen LogP contribution in [0.15, 0.2) is 66.7 Å². The van der Waals surface area contributed by atoms with Crippen molar-refractivity contribution in [2.75, 3.05) is 6.61 Å². The molecule has 5 rings (SSSR count). The Labute approximate surface area is 180 Å². The third-order valence-corrected chi connectivity index (χ3v) is 6.89. The number of carbonyl (C=O) groups excluding carboxylic acids is 3. The van der Waals surface area contributed by atoms with Gasteiger partial charge in [-0.1, -0.05) is 67.6 Å². The van der Waals surface area contributed by atoms with Crippen molar-refractivity contribution in [3.8, 4) is 5.75 Å². The Morgan fingerprint density at radius 1 is 0.968 bits per heavy atom. The first kappa shape index (κ1) is 19.5. The van der Waals surface area contributed by atoms with Crippen LogP contribution in [0.1, 0.15) is 42.1 Å². The van der Waals surface area contributed by atoms with Crippen molar-refractivity contribution >= 4 is 28.5 Å². The lowest BCUT2D eigenvalue weighted by Gasteiger charge is -2.23. The molecule has 0 amide bonds. The van der Waals surface area contributed by atoms with Crippen LogP contribution in [-0.4, -0.2) is 24.3 Å². The van der Waals surface area contributed by atoms with E-state index in [2.05, 4.69) is 0 Å². The van der Waals surface area contributed by atoms with Crippen molar-refractivity contribution in [3.63, 3.8) is 0 Å². The van der Waals surface area contributed by atoms with Crippen LogP contribution < -0.4 is 4.74 Å². The number of hydrogen-bond donors (Lipinski definition) is 0. The minimum absolute atomic E-state index is 0.113. The van der Waals surface area contributed by atoms with E-state index in [1.165, 1.54) is 0 Å². The van der Waals surface area contributed by atoms with Gasteiger partial charge < -0.3 is 9.47 Å². The summed E-state index contributed by atoms with van der Waals surface area (Å²) in [6.45, 7) is 3.65. The van der Waals surface area contributed by atoms with Crippen molar-refractivity contribution < 1.29 is 23.9 Å². The van der Waals surface area contributed by atoms with E-state index in [4.69, 9.17) is 9.47 Å². The normalized spacial score (nSPS) is 25.9. The van der Waals surface area contributed by atoms with Gasteiger partial charge in [0.05, 0.1) is 12.0 Å². The average molecular weight is 414 g/mol. The fourth-order valence-corrected chi connectivity index (χ4v) is 5.57. The molecule has 0 radical (unpaired) electrons. The van der Waals surface area contributed by atoms with E-state index in [1.807, 2.05) is 43.3 Å². The molecule has 2 aliphatic rings. The fraction of sp³-hybridized carbons (Fsp3) is 0.269. The first-order valence-electron chi connectivity index (χ1n) is 10.5. The lowest BCUT2D eigenvalue weighted by molar-refractivity contribution is -0.162. The number of benzene rings is 3. The van der Waals surface area contributed by atoms with E-state index >= 15 is 0 Å². The zero-order chi connectivity index (χ0) is 21.8. The Kier molecular flexibility index (Phi) is 4.26. The molecule has 1 aliphatic carbocycles. The van der Waals surface area contributed by atoms with Crippen LogP contribution >= 0.6 is 0 Å². The van der Waals surface area contributed by atoms with Gasteiger partial charge >= 0.3 is 11.9 Å². The van der Waals surface area contributed by atoms with E-state index in [1.54, 1.807) is 37.3 Å². The summed E-state index contributed by atoms with van der Waals surface area (Å²) in [5.74, 6) is -1.85. The van der Waals surface area contributed by atoms with Crippen LogP contribution in [0.5, 0.6) is 5.75 Å². The van der Waals surface area contributed by atoms with Gasteiger partial charge in [0.1, 0.15) is 5.75 Å². The van der Waals surface area contributed by atoms with Gasteiger partial charge in [0.15, 0.2) is 11.2 Å². The number of ether oxygens (including phenoxy) is 2. The molecule has 1 fully saturated rings. The third kappa shape index (κ3) is 2.29. The fourth-order valence-electron chi connectivity index (χ4n) is 5.57. The van der Waals surface area contributed by atoms with Crippen LogP contribution in [0.4, 0.5) is 0 Å².